The lowest BCUT2D eigenvalue weighted by atomic mass is 10.2. The molecule has 3 aromatic rings. The normalized spacial score (nSPS) is 12.1. The summed E-state index contributed by atoms with van der Waals surface area (Å²) >= 11 is 2.97. The van der Waals surface area contributed by atoms with Crippen LogP contribution in [0.1, 0.15) is 17.4 Å². The van der Waals surface area contributed by atoms with E-state index >= 15 is 0 Å². The summed E-state index contributed by atoms with van der Waals surface area (Å²) in [5.74, 6) is -0.0350. The van der Waals surface area contributed by atoms with E-state index in [0.29, 0.717) is 11.7 Å². The molecule has 8 heteroatoms. The maximum atomic E-state index is 12.3. The summed E-state index contributed by atoms with van der Waals surface area (Å²) in [6, 6.07) is 11.9. The van der Waals surface area contributed by atoms with Crippen molar-refractivity contribution in [1.82, 2.24) is 25.5 Å². The third-order valence-corrected chi connectivity index (χ3v) is 5.26. The van der Waals surface area contributed by atoms with E-state index < -0.39 is 0 Å². The number of carbonyl (C=O) groups excluding carboxylic acids is 1. The summed E-state index contributed by atoms with van der Waals surface area (Å²) in [5.41, 5.74) is 2.01. The fourth-order valence-corrected chi connectivity index (χ4v) is 3.59. The highest BCUT2D eigenvalue weighted by Gasteiger charge is 2.19. The highest BCUT2D eigenvalue weighted by Crippen LogP contribution is 2.23. The van der Waals surface area contributed by atoms with Crippen molar-refractivity contribution >= 4 is 29.0 Å². The molecular weight excluding hydrogens is 342 g/mol. The van der Waals surface area contributed by atoms with Crippen molar-refractivity contribution < 1.29 is 4.79 Å². The summed E-state index contributed by atoms with van der Waals surface area (Å²) in [4.78, 5) is 13.4. The average Bonchev–Trinajstić information content (AvgIpc) is 3.24. The second-order valence-corrected chi connectivity index (χ2v) is 7.61. The summed E-state index contributed by atoms with van der Waals surface area (Å²) in [7, 11) is 0. The van der Waals surface area contributed by atoms with E-state index in [0.717, 1.165) is 16.1 Å². The van der Waals surface area contributed by atoms with Crippen molar-refractivity contribution in [3.8, 4) is 5.69 Å². The smallest absolute Gasteiger partial charge is 0.233 e. The molecule has 2 aromatic heterocycles. The Morgan fingerprint density at radius 2 is 2.25 bits per heavy atom. The first-order valence-electron chi connectivity index (χ1n) is 7.45. The van der Waals surface area contributed by atoms with E-state index in [1.54, 1.807) is 16.0 Å². The van der Waals surface area contributed by atoms with Crippen LogP contribution in [-0.2, 0) is 11.3 Å². The maximum Gasteiger partial charge on any atom is 0.233 e. The van der Waals surface area contributed by atoms with Crippen LogP contribution < -0.4 is 5.32 Å². The van der Waals surface area contributed by atoms with Crippen LogP contribution in [0.3, 0.4) is 0 Å². The molecule has 3 rings (SSSR count). The van der Waals surface area contributed by atoms with E-state index in [2.05, 4.69) is 20.8 Å². The van der Waals surface area contributed by atoms with Crippen LogP contribution in [0.2, 0.25) is 0 Å². The van der Waals surface area contributed by atoms with Gasteiger partial charge in [-0.25, -0.2) is 0 Å². The number of benzene rings is 1. The largest absolute Gasteiger partial charge is 0.350 e. The van der Waals surface area contributed by atoms with E-state index in [-0.39, 0.29) is 11.2 Å². The molecule has 0 unspecified atom stereocenters. The molecule has 24 heavy (non-hydrogen) atoms. The van der Waals surface area contributed by atoms with Gasteiger partial charge in [-0.15, -0.1) is 16.4 Å². The second-order valence-electron chi connectivity index (χ2n) is 5.27. The van der Waals surface area contributed by atoms with Gasteiger partial charge in [0.2, 0.25) is 11.1 Å². The molecule has 1 amide bonds. The molecular formula is C16H17N5OS2. The Hall–Kier alpha value is -2.19. The number of nitrogens with one attached hydrogen (secondary N) is 1. The molecule has 0 bridgehead atoms. The standard InChI is InChI=1S/C16H17N5OS2/c1-11-5-3-6-13(9-11)21-16(18-19-20-21)24-12(2)15(22)17-10-14-7-4-8-23-14/h3-9,12H,10H2,1-2H3,(H,17,22)/t12-/m1/s1. The first kappa shape index (κ1) is 16.7. The Morgan fingerprint density at radius 3 is 3.00 bits per heavy atom. The summed E-state index contributed by atoms with van der Waals surface area (Å²) < 4.78 is 1.65. The summed E-state index contributed by atoms with van der Waals surface area (Å²) in [5, 5.41) is 17.1. The third-order valence-electron chi connectivity index (χ3n) is 3.36. The van der Waals surface area contributed by atoms with Gasteiger partial charge in [-0.1, -0.05) is 30.0 Å². The SMILES string of the molecule is Cc1cccc(-n2nnnc2S[C@H](C)C(=O)NCc2cccs2)c1. The van der Waals surface area contributed by atoms with Crippen LogP contribution in [0.4, 0.5) is 0 Å². The quantitative estimate of drug-likeness (QED) is 0.685. The number of carbonyl (C=O) groups is 1. The number of amides is 1. The highest BCUT2D eigenvalue weighted by molar-refractivity contribution is 8.00. The van der Waals surface area contributed by atoms with Crippen molar-refractivity contribution in [2.24, 2.45) is 0 Å². The van der Waals surface area contributed by atoms with Crippen LogP contribution in [0.25, 0.3) is 5.69 Å². The van der Waals surface area contributed by atoms with Gasteiger partial charge in [-0.2, -0.15) is 4.68 Å². The number of rotatable bonds is 6. The number of aromatic nitrogens is 4. The predicted octanol–water partition coefficient (Wildman–Crippen LogP) is 2.83. The lowest BCUT2D eigenvalue weighted by molar-refractivity contribution is -0.120. The van der Waals surface area contributed by atoms with Gasteiger partial charge >= 0.3 is 0 Å². The van der Waals surface area contributed by atoms with E-state index in [1.165, 1.54) is 11.8 Å². The van der Waals surface area contributed by atoms with Gasteiger partial charge < -0.3 is 5.32 Å². The molecule has 0 radical (unpaired) electrons. The zero-order chi connectivity index (χ0) is 16.9. The minimum Gasteiger partial charge on any atom is -0.350 e. The average molecular weight is 359 g/mol. The summed E-state index contributed by atoms with van der Waals surface area (Å²) in [6.45, 7) is 4.41. The van der Waals surface area contributed by atoms with Crippen molar-refractivity contribution in [3.05, 3.63) is 52.2 Å². The molecule has 6 nitrogen and oxygen atoms in total. The molecule has 1 N–H and O–H groups in total. The number of tetrazole rings is 1. The predicted molar refractivity (Wildman–Crippen MR) is 95.4 cm³/mol. The lowest BCUT2D eigenvalue weighted by Crippen LogP contribution is -2.30. The number of aryl methyl sites for hydroxylation is 1. The van der Waals surface area contributed by atoms with Gasteiger partial charge in [0.05, 0.1) is 17.5 Å². The molecule has 1 aromatic carbocycles. The first-order chi connectivity index (χ1) is 11.6. The molecule has 1 atom stereocenters. The number of hydrogen-bond acceptors (Lipinski definition) is 6. The third kappa shape index (κ3) is 4.01. The van der Waals surface area contributed by atoms with Gasteiger partial charge in [0.25, 0.3) is 0 Å². The Bertz CT molecular complexity index is 816. The minimum atomic E-state index is -0.292. The van der Waals surface area contributed by atoms with E-state index in [1.807, 2.05) is 55.6 Å². The minimum absolute atomic E-state index is 0.0350. The van der Waals surface area contributed by atoms with Gasteiger partial charge in [-0.05, 0) is 53.4 Å². The fraction of sp³-hybridized carbons (Fsp3) is 0.250. The molecule has 0 spiro atoms. The van der Waals surface area contributed by atoms with Crippen molar-refractivity contribution in [2.45, 2.75) is 30.8 Å². The second kappa shape index (κ2) is 7.59. The molecule has 0 fully saturated rings. The first-order valence-corrected chi connectivity index (χ1v) is 9.21. The number of hydrogen-bond donors (Lipinski definition) is 1. The molecule has 0 aliphatic carbocycles. The number of nitrogens with zero attached hydrogens (tertiary/aromatic N) is 4. The molecule has 2 heterocycles. The maximum absolute atomic E-state index is 12.3. The zero-order valence-electron chi connectivity index (χ0n) is 13.3. The number of thiophene rings is 1. The molecule has 0 saturated carbocycles. The number of thioether (sulfide) groups is 1. The van der Waals surface area contributed by atoms with E-state index in [9.17, 15) is 4.79 Å². The van der Waals surface area contributed by atoms with Gasteiger partial charge in [0.15, 0.2) is 0 Å². The van der Waals surface area contributed by atoms with Crippen LogP contribution in [0.15, 0.2) is 46.9 Å². The lowest BCUT2D eigenvalue weighted by Gasteiger charge is -2.11. The van der Waals surface area contributed by atoms with Gasteiger partial charge in [0, 0.05) is 4.88 Å². The van der Waals surface area contributed by atoms with Gasteiger partial charge in [-0.3, -0.25) is 4.79 Å². The van der Waals surface area contributed by atoms with E-state index in [4.69, 9.17) is 0 Å². The highest BCUT2D eigenvalue weighted by atomic mass is 32.2. The van der Waals surface area contributed by atoms with Crippen molar-refractivity contribution in [3.63, 3.8) is 0 Å². The van der Waals surface area contributed by atoms with Crippen LogP contribution in [0, 0.1) is 6.92 Å². The van der Waals surface area contributed by atoms with Crippen LogP contribution in [-0.4, -0.2) is 31.4 Å². The van der Waals surface area contributed by atoms with Crippen molar-refractivity contribution in [1.29, 1.82) is 0 Å². The van der Waals surface area contributed by atoms with Gasteiger partial charge in [0.1, 0.15) is 0 Å². The molecule has 0 saturated heterocycles. The van der Waals surface area contributed by atoms with Crippen molar-refractivity contribution in [2.75, 3.05) is 0 Å². The monoisotopic (exact) mass is 359 g/mol. The summed E-state index contributed by atoms with van der Waals surface area (Å²) in [6.07, 6.45) is 0. The zero-order valence-corrected chi connectivity index (χ0v) is 15.0. The van der Waals surface area contributed by atoms with Crippen LogP contribution >= 0.6 is 23.1 Å². The van der Waals surface area contributed by atoms with Crippen LogP contribution in [0.5, 0.6) is 0 Å². The Labute approximate surface area is 148 Å². The molecule has 0 aliphatic rings. The fourth-order valence-electron chi connectivity index (χ4n) is 2.12. The Balaban J connectivity index is 1.65. The topological polar surface area (TPSA) is 72.7 Å². The molecule has 124 valence electrons. The Morgan fingerprint density at radius 1 is 1.38 bits per heavy atom. The Kier molecular flexibility index (Phi) is 5.27. The molecule has 0 aliphatic heterocycles.